The van der Waals surface area contributed by atoms with E-state index in [0.717, 1.165) is 0 Å². The lowest BCUT2D eigenvalue weighted by Gasteiger charge is -2.30. The van der Waals surface area contributed by atoms with E-state index in [2.05, 4.69) is 32.2 Å². The van der Waals surface area contributed by atoms with Gasteiger partial charge >= 0.3 is 0 Å². The Morgan fingerprint density at radius 3 is 2.25 bits per heavy atom. The van der Waals surface area contributed by atoms with E-state index < -0.39 is 5.60 Å². The molecule has 1 heterocycles. The number of aryl methyl sites for hydroxylation is 2. The van der Waals surface area contributed by atoms with Crippen LogP contribution >= 0.6 is 11.3 Å². The van der Waals surface area contributed by atoms with Gasteiger partial charge < -0.3 is 10.4 Å². The molecule has 1 aromatic rings. The first-order valence-corrected chi connectivity index (χ1v) is 6.59. The number of aliphatic hydroxyl groups is 1. The van der Waals surface area contributed by atoms with Gasteiger partial charge in [-0.3, -0.25) is 0 Å². The molecule has 0 saturated carbocycles. The molecule has 0 amide bonds. The van der Waals surface area contributed by atoms with Crippen molar-refractivity contribution in [3.05, 3.63) is 21.4 Å². The lowest BCUT2D eigenvalue weighted by Crippen LogP contribution is -2.45. The minimum absolute atomic E-state index is 0.0714. The molecule has 0 aromatic carbocycles. The van der Waals surface area contributed by atoms with Crippen LogP contribution in [0.25, 0.3) is 0 Å². The zero-order valence-electron chi connectivity index (χ0n) is 11.1. The summed E-state index contributed by atoms with van der Waals surface area (Å²) in [6.45, 7) is 12.1. The van der Waals surface area contributed by atoms with Gasteiger partial charge in [-0.2, -0.15) is 0 Å². The van der Waals surface area contributed by atoms with Gasteiger partial charge in [-0.1, -0.05) is 0 Å². The lowest BCUT2D eigenvalue weighted by atomic mass is 9.98. The molecule has 16 heavy (non-hydrogen) atoms. The maximum absolute atomic E-state index is 9.90. The molecular weight excluding hydrogens is 218 g/mol. The summed E-state index contributed by atoms with van der Waals surface area (Å²) in [6, 6.07) is 2.59. The van der Waals surface area contributed by atoms with Crippen LogP contribution in [0.4, 0.5) is 0 Å². The molecule has 2 atom stereocenters. The predicted octanol–water partition coefficient (Wildman–Crippen LogP) is 3.17. The molecule has 0 spiro atoms. The average Bonchev–Trinajstić information content (AvgIpc) is 2.43. The maximum atomic E-state index is 9.90. The quantitative estimate of drug-likeness (QED) is 0.848. The summed E-state index contributed by atoms with van der Waals surface area (Å²) in [5.41, 5.74) is 0.659. The van der Waals surface area contributed by atoms with E-state index in [9.17, 15) is 5.11 Å². The molecule has 2 N–H and O–H groups in total. The van der Waals surface area contributed by atoms with Crippen molar-refractivity contribution in [2.75, 3.05) is 0 Å². The summed E-state index contributed by atoms with van der Waals surface area (Å²) < 4.78 is 0. The number of thiophene rings is 1. The fourth-order valence-corrected chi connectivity index (χ4v) is 2.77. The SMILES string of the molecule is Cc1cc(C(C)NC(C)C(C)(C)O)c(C)s1. The molecule has 3 heteroatoms. The fraction of sp³-hybridized carbons (Fsp3) is 0.692. The molecule has 0 radical (unpaired) electrons. The Morgan fingerprint density at radius 1 is 1.31 bits per heavy atom. The highest BCUT2D eigenvalue weighted by atomic mass is 32.1. The number of rotatable bonds is 4. The first-order chi connectivity index (χ1) is 7.21. The molecule has 2 nitrogen and oxygen atoms in total. The van der Waals surface area contributed by atoms with Crippen molar-refractivity contribution in [3.8, 4) is 0 Å². The molecule has 0 fully saturated rings. The van der Waals surface area contributed by atoms with Crippen LogP contribution in [-0.2, 0) is 0 Å². The van der Waals surface area contributed by atoms with Crippen molar-refractivity contribution in [1.82, 2.24) is 5.32 Å². The van der Waals surface area contributed by atoms with Crippen molar-refractivity contribution in [2.45, 2.75) is 59.2 Å². The van der Waals surface area contributed by atoms with E-state index in [0.29, 0.717) is 0 Å². The van der Waals surface area contributed by atoms with Crippen LogP contribution in [0.5, 0.6) is 0 Å². The van der Waals surface area contributed by atoms with E-state index in [1.165, 1.54) is 15.3 Å². The van der Waals surface area contributed by atoms with Crippen LogP contribution in [0, 0.1) is 13.8 Å². The predicted molar refractivity (Wildman–Crippen MR) is 71.1 cm³/mol. The third-order valence-corrected chi connectivity index (χ3v) is 4.09. The topological polar surface area (TPSA) is 32.3 Å². The molecule has 1 rings (SSSR count). The van der Waals surface area contributed by atoms with Crippen LogP contribution in [-0.4, -0.2) is 16.7 Å². The van der Waals surface area contributed by atoms with Crippen molar-refractivity contribution >= 4 is 11.3 Å². The highest BCUT2D eigenvalue weighted by Gasteiger charge is 2.24. The van der Waals surface area contributed by atoms with Crippen LogP contribution < -0.4 is 5.32 Å². The van der Waals surface area contributed by atoms with Crippen molar-refractivity contribution in [1.29, 1.82) is 0 Å². The number of nitrogens with one attached hydrogen (secondary N) is 1. The summed E-state index contributed by atoms with van der Waals surface area (Å²) in [5, 5.41) is 13.3. The highest BCUT2D eigenvalue weighted by molar-refractivity contribution is 7.12. The Kier molecular flexibility index (Phi) is 4.16. The van der Waals surface area contributed by atoms with Gasteiger partial charge in [0.05, 0.1) is 5.60 Å². The molecule has 0 bridgehead atoms. The maximum Gasteiger partial charge on any atom is 0.0741 e. The minimum Gasteiger partial charge on any atom is -0.389 e. The minimum atomic E-state index is -0.687. The molecule has 2 unspecified atom stereocenters. The van der Waals surface area contributed by atoms with Gasteiger partial charge in [-0.25, -0.2) is 0 Å². The van der Waals surface area contributed by atoms with Gasteiger partial charge in [0.2, 0.25) is 0 Å². The number of hydrogen-bond acceptors (Lipinski definition) is 3. The summed E-state index contributed by atoms with van der Waals surface area (Å²) in [6.07, 6.45) is 0. The van der Waals surface area contributed by atoms with Gasteiger partial charge in [0.25, 0.3) is 0 Å². The van der Waals surface area contributed by atoms with E-state index in [1.54, 1.807) is 0 Å². The molecule has 0 aliphatic carbocycles. The molecule has 92 valence electrons. The van der Waals surface area contributed by atoms with E-state index >= 15 is 0 Å². The number of hydrogen-bond donors (Lipinski definition) is 2. The standard InChI is InChI=1S/C13H23NOS/c1-8-7-12(10(3)16-8)9(2)14-11(4)13(5,6)15/h7,9,11,14-15H,1-6H3. The second-order valence-corrected chi connectivity index (χ2v) is 6.59. The highest BCUT2D eigenvalue weighted by Crippen LogP contribution is 2.27. The molecule has 0 aliphatic heterocycles. The first-order valence-electron chi connectivity index (χ1n) is 5.77. The zero-order chi connectivity index (χ0) is 12.5. The Labute approximate surface area is 103 Å². The van der Waals surface area contributed by atoms with Gasteiger partial charge in [0.1, 0.15) is 0 Å². The van der Waals surface area contributed by atoms with E-state index in [-0.39, 0.29) is 12.1 Å². The van der Waals surface area contributed by atoms with Gasteiger partial charge in [0, 0.05) is 21.8 Å². The van der Waals surface area contributed by atoms with Crippen molar-refractivity contribution in [3.63, 3.8) is 0 Å². The Hall–Kier alpha value is -0.380. The van der Waals surface area contributed by atoms with Crippen molar-refractivity contribution < 1.29 is 5.11 Å². The largest absolute Gasteiger partial charge is 0.389 e. The summed E-state index contributed by atoms with van der Waals surface area (Å²) >= 11 is 1.83. The van der Waals surface area contributed by atoms with Crippen molar-refractivity contribution in [2.24, 2.45) is 0 Å². The fourth-order valence-electron chi connectivity index (χ4n) is 1.75. The van der Waals surface area contributed by atoms with Gasteiger partial charge in [0.15, 0.2) is 0 Å². The summed E-state index contributed by atoms with van der Waals surface area (Å²) in [7, 11) is 0. The summed E-state index contributed by atoms with van der Waals surface area (Å²) in [5.74, 6) is 0. The third-order valence-electron chi connectivity index (χ3n) is 3.11. The van der Waals surface area contributed by atoms with Gasteiger partial charge in [-0.15, -0.1) is 11.3 Å². The van der Waals surface area contributed by atoms with Crippen LogP contribution in [0.2, 0.25) is 0 Å². The second-order valence-electron chi connectivity index (χ2n) is 5.13. The smallest absolute Gasteiger partial charge is 0.0741 e. The molecular formula is C13H23NOS. The molecule has 0 saturated heterocycles. The lowest BCUT2D eigenvalue weighted by molar-refractivity contribution is 0.0405. The monoisotopic (exact) mass is 241 g/mol. The molecule has 0 aliphatic rings. The second kappa shape index (κ2) is 4.86. The zero-order valence-corrected chi connectivity index (χ0v) is 11.9. The van der Waals surface area contributed by atoms with Gasteiger partial charge in [-0.05, 0) is 53.2 Å². The molecule has 1 aromatic heterocycles. The van der Waals surface area contributed by atoms with Crippen LogP contribution in [0.1, 0.15) is 49.1 Å². The Bertz CT molecular complexity index is 351. The normalized spacial score (nSPS) is 16.2. The van der Waals surface area contributed by atoms with E-state index in [4.69, 9.17) is 0 Å². The Morgan fingerprint density at radius 2 is 1.88 bits per heavy atom. The van der Waals surface area contributed by atoms with Crippen LogP contribution in [0.15, 0.2) is 6.07 Å². The first kappa shape index (κ1) is 13.7. The van der Waals surface area contributed by atoms with Crippen LogP contribution in [0.3, 0.4) is 0 Å². The Balaban J connectivity index is 2.73. The average molecular weight is 241 g/mol. The third kappa shape index (κ3) is 3.30. The summed E-state index contributed by atoms with van der Waals surface area (Å²) in [4.78, 5) is 2.71. The van der Waals surface area contributed by atoms with E-state index in [1.807, 2.05) is 32.1 Å².